The minimum Gasteiger partial charge on any atom is -0.422 e. The van der Waals surface area contributed by atoms with Crippen LogP contribution in [0.5, 0.6) is 5.88 Å². The van der Waals surface area contributed by atoms with Gasteiger partial charge in [0.2, 0.25) is 11.8 Å². The first kappa shape index (κ1) is 16.9. The van der Waals surface area contributed by atoms with Gasteiger partial charge in [0, 0.05) is 11.6 Å². The summed E-state index contributed by atoms with van der Waals surface area (Å²) in [4.78, 5) is 5.16. The molecule has 0 fully saturated rings. The van der Waals surface area contributed by atoms with E-state index in [1.54, 1.807) is 4.68 Å². The number of fused-ring (bicyclic) bond motifs is 2. The number of nitrogens with two attached hydrogens (primary N) is 1. The zero-order valence-electron chi connectivity index (χ0n) is 14.6. The highest BCUT2D eigenvalue weighted by Crippen LogP contribution is 2.46. The van der Waals surface area contributed by atoms with Crippen LogP contribution in [0.3, 0.4) is 0 Å². The SMILES string of the molecule is Cc1nn(-c2ccccc2)c2c1[C@H](c1c(Cl)nc3sccn13)C(C#N)=C(N)O2. The molecule has 138 valence electrons. The molecule has 0 saturated heterocycles. The van der Waals surface area contributed by atoms with E-state index in [0.29, 0.717) is 16.7 Å². The van der Waals surface area contributed by atoms with Crippen LogP contribution in [0.4, 0.5) is 0 Å². The van der Waals surface area contributed by atoms with Gasteiger partial charge < -0.3 is 10.5 Å². The Kier molecular flexibility index (Phi) is 3.69. The number of thiazole rings is 1. The summed E-state index contributed by atoms with van der Waals surface area (Å²) in [6.07, 6.45) is 1.88. The van der Waals surface area contributed by atoms with E-state index in [0.717, 1.165) is 21.9 Å². The molecule has 1 atom stereocenters. The molecular weight excluding hydrogens is 396 g/mol. The highest BCUT2D eigenvalue weighted by Gasteiger charge is 2.39. The lowest BCUT2D eigenvalue weighted by atomic mass is 9.87. The fourth-order valence-corrected chi connectivity index (χ4v) is 4.62. The molecule has 0 aliphatic carbocycles. The Balaban J connectivity index is 1.82. The second kappa shape index (κ2) is 6.12. The van der Waals surface area contributed by atoms with Gasteiger partial charge in [-0.1, -0.05) is 29.8 Å². The number of halogens is 1. The van der Waals surface area contributed by atoms with Crippen molar-refractivity contribution in [1.29, 1.82) is 5.26 Å². The van der Waals surface area contributed by atoms with Crippen LogP contribution in [0.1, 0.15) is 22.9 Å². The molecule has 4 aromatic rings. The first-order valence-corrected chi connectivity index (χ1v) is 9.69. The molecule has 0 radical (unpaired) electrons. The van der Waals surface area contributed by atoms with Crippen molar-refractivity contribution in [3.8, 4) is 17.6 Å². The molecule has 1 aliphatic heterocycles. The van der Waals surface area contributed by atoms with Crippen LogP contribution >= 0.6 is 22.9 Å². The van der Waals surface area contributed by atoms with Crippen molar-refractivity contribution in [2.75, 3.05) is 0 Å². The van der Waals surface area contributed by atoms with Gasteiger partial charge in [-0.15, -0.1) is 11.3 Å². The second-order valence-corrected chi connectivity index (χ2v) is 7.55. The van der Waals surface area contributed by atoms with E-state index in [1.165, 1.54) is 11.3 Å². The molecule has 0 saturated carbocycles. The molecule has 0 unspecified atom stereocenters. The third-order valence-corrected chi connectivity index (χ3v) is 5.80. The maximum atomic E-state index is 9.82. The van der Waals surface area contributed by atoms with E-state index >= 15 is 0 Å². The first-order chi connectivity index (χ1) is 13.6. The minimum atomic E-state index is -0.525. The lowest BCUT2D eigenvalue weighted by molar-refractivity contribution is 0.366. The predicted molar refractivity (Wildman–Crippen MR) is 106 cm³/mol. The summed E-state index contributed by atoms with van der Waals surface area (Å²) in [6, 6.07) is 11.8. The molecule has 3 aromatic heterocycles. The normalized spacial score (nSPS) is 16.1. The summed E-state index contributed by atoms with van der Waals surface area (Å²) in [7, 11) is 0. The number of aryl methyl sites for hydroxylation is 1. The van der Waals surface area contributed by atoms with Gasteiger partial charge in [0.1, 0.15) is 11.6 Å². The predicted octanol–water partition coefficient (Wildman–Crippen LogP) is 3.76. The first-order valence-electron chi connectivity index (χ1n) is 8.43. The summed E-state index contributed by atoms with van der Waals surface area (Å²) >= 11 is 7.96. The van der Waals surface area contributed by atoms with E-state index in [1.807, 2.05) is 53.2 Å². The molecule has 4 heterocycles. The average molecular weight is 409 g/mol. The Morgan fingerprint density at radius 3 is 2.86 bits per heavy atom. The standard InChI is InChI=1S/C19H13ClN6OS/c1-10-13-14(15-16(20)23-19-25(15)7-8-28-19)12(9-21)17(22)27-18(13)26(24-10)11-5-3-2-4-6-11/h2-8,14H,22H2,1H3/t14-/m1/s1. The number of nitrogens with zero attached hydrogens (tertiary/aromatic N) is 5. The highest BCUT2D eigenvalue weighted by molar-refractivity contribution is 7.15. The average Bonchev–Trinajstić information content (AvgIpc) is 3.35. The van der Waals surface area contributed by atoms with Gasteiger partial charge >= 0.3 is 0 Å². The van der Waals surface area contributed by atoms with Gasteiger partial charge in [-0.3, -0.25) is 4.40 Å². The number of hydrogen-bond acceptors (Lipinski definition) is 6. The quantitative estimate of drug-likeness (QED) is 0.545. The van der Waals surface area contributed by atoms with Crippen LogP contribution < -0.4 is 10.5 Å². The van der Waals surface area contributed by atoms with Crippen molar-refractivity contribution in [1.82, 2.24) is 19.2 Å². The Bertz CT molecular complexity index is 1290. The molecule has 28 heavy (non-hydrogen) atoms. The number of imidazole rings is 1. The maximum absolute atomic E-state index is 9.82. The fraction of sp³-hybridized carbons (Fsp3) is 0.105. The molecule has 9 heteroatoms. The van der Waals surface area contributed by atoms with Crippen molar-refractivity contribution in [3.05, 3.63) is 75.5 Å². The highest BCUT2D eigenvalue weighted by atomic mass is 35.5. The van der Waals surface area contributed by atoms with Gasteiger partial charge in [0.05, 0.1) is 28.6 Å². The van der Waals surface area contributed by atoms with Crippen molar-refractivity contribution in [2.24, 2.45) is 5.73 Å². The summed E-state index contributed by atoms with van der Waals surface area (Å²) in [5.41, 5.74) is 9.43. The molecular formula is C19H13ClN6OS. The molecule has 1 aromatic carbocycles. The van der Waals surface area contributed by atoms with Gasteiger partial charge in [0.15, 0.2) is 10.1 Å². The molecule has 7 nitrogen and oxygen atoms in total. The Labute approximate surface area is 168 Å². The third kappa shape index (κ3) is 2.27. The van der Waals surface area contributed by atoms with Crippen LogP contribution in [0, 0.1) is 18.3 Å². The van der Waals surface area contributed by atoms with E-state index in [-0.39, 0.29) is 11.5 Å². The topological polar surface area (TPSA) is 94.2 Å². The van der Waals surface area contributed by atoms with Crippen molar-refractivity contribution >= 4 is 27.9 Å². The molecule has 1 aliphatic rings. The number of hydrogen-bond donors (Lipinski definition) is 1. The van der Waals surface area contributed by atoms with E-state index in [9.17, 15) is 5.26 Å². The number of allylic oxidation sites excluding steroid dienone is 1. The van der Waals surface area contributed by atoms with Gasteiger partial charge in [-0.2, -0.15) is 10.4 Å². The van der Waals surface area contributed by atoms with Crippen molar-refractivity contribution in [3.63, 3.8) is 0 Å². The zero-order valence-corrected chi connectivity index (χ0v) is 16.2. The molecule has 0 bridgehead atoms. The van der Waals surface area contributed by atoms with Gasteiger partial charge in [-0.05, 0) is 19.1 Å². The third-order valence-electron chi connectivity index (χ3n) is 4.76. The van der Waals surface area contributed by atoms with Crippen LogP contribution in [0.15, 0.2) is 53.4 Å². The minimum absolute atomic E-state index is 0.0401. The monoisotopic (exact) mass is 408 g/mol. The number of nitriles is 1. The van der Waals surface area contributed by atoms with Crippen molar-refractivity contribution < 1.29 is 4.74 Å². The number of para-hydroxylation sites is 1. The number of benzene rings is 1. The Morgan fingerprint density at radius 1 is 1.32 bits per heavy atom. The number of aromatic nitrogens is 4. The van der Waals surface area contributed by atoms with Gasteiger partial charge in [0.25, 0.3) is 0 Å². The van der Waals surface area contributed by atoms with Gasteiger partial charge in [-0.25, -0.2) is 9.67 Å². The summed E-state index contributed by atoms with van der Waals surface area (Å²) in [5.74, 6) is -0.00640. The van der Waals surface area contributed by atoms with Crippen LogP contribution in [0.25, 0.3) is 10.6 Å². The Morgan fingerprint density at radius 2 is 2.11 bits per heavy atom. The summed E-state index contributed by atoms with van der Waals surface area (Å²) in [5, 5.41) is 16.7. The number of rotatable bonds is 2. The second-order valence-electron chi connectivity index (χ2n) is 6.32. The lowest BCUT2D eigenvalue weighted by Gasteiger charge is -2.24. The Hall–Kier alpha value is -3.28. The molecule has 2 N–H and O–H groups in total. The van der Waals surface area contributed by atoms with E-state index in [4.69, 9.17) is 22.1 Å². The van der Waals surface area contributed by atoms with Crippen LogP contribution in [-0.2, 0) is 0 Å². The largest absolute Gasteiger partial charge is 0.422 e. The smallest absolute Gasteiger partial charge is 0.229 e. The zero-order chi connectivity index (χ0) is 19.4. The van der Waals surface area contributed by atoms with E-state index < -0.39 is 5.92 Å². The van der Waals surface area contributed by atoms with E-state index in [2.05, 4.69) is 16.2 Å². The van der Waals surface area contributed by atoms with Crippen LogP contribution in [0.2, 0.25) is 5.15 Å². The maximum Gasteiger partial charge on any atom is 0.229 e. The molecule has 5 rings (SSSR count). The summed E-state index contributed by atoms with van der Waals surface area (Å²) in [6.45, 7) is 1.88. The summed E-state index contributed by atoms with van der Waals surface area (Å²) < 4.78 is 9.45. The molecule has 0 amide bonds. The lowest BCUT2D eigenvalue weighted by Crippen LogP contribution is -2.23. The van der Waals surface area contributed by atoms with Crippen molar-refractivity contribution in [2.45, 2.75) is 12.8 Å². The van der Waals surface area contributed by atoms with Crippen LogP contribution in [-0.4, -0.2) is 19.2 Å². The fourth-order valence-electron chi connectivity index (χ4n) is 3.57. The molecule has 0 spiro atoms. The number of ether oxygens (including phenoxy) is 1.